The quantitative estimate of drug-likeness (QED) is 0.819. The van der Waals surface area contributed by atoms with E-state index in [2.05, 4.69) is 5.32 Å². The Balaban J connectivity index is 0.00000128. The summed E-state index contributed by atoms with van der Waals surface area (Å²) in [7, 11) is 0. The van der Waals surface area contributed by atoms with Gasteiger partial charge >= 0.3 is 6.09 Å². The molecule has 1 aromatic carbocycles. The van der Waals surface area contributed by atoms with E-state index in [1.54, 1.807) is 18.2 Å². The highest BCUT2D eigenvalue weighted by Crippen LogP contribution is 2.33. The molecular weight excluding hydrogens is 253 g/mol. The van der Waals surface area contributed by atoms with Gasteiger partial charge in [-0.1, -0.05) is 23.7 Å². The van der Waals surface area contributed by atoms with Gasteiger partial charge in [-0.25, -0.2) is 4.79 Å². The molecule has 0 aliphatic carbocycles. The van der Waals surface area contributed by atoms with Crippen molar-refractivity contribution < 1.29 is 14.6 Å². The number of benzene rings is 1. The first-order chi connectivity index (χ1) is 7.18. The average Bonchev–Trinajstić information content (AvgIpc) is 2.22. The lowest BCUT2D eigenvalue weighted by molar-refractivity contribution is 0.115. The molecule has 0 aromatic heterocycles. The van der Waals surface area contributed by atoms with Gasteiger partial charge in [-0.05, 0) is 6.07 Å². The number of phenols is 1. The molecule has 0 saturated carbocycles. The standard InChI is InChI=1S/C10H10ClNO3.ClH/c11-7-3-1-2-6(9(7)13)8-4-5-15-10(14)12-8;/h1-3,8,13H,4-5H2,(H,12,14);1H/t8-;/m1./s1. The van der Waals surface area contributed by atoms with Crippen LogP contribution in [0.4, 0.5) is 4.79 Å². The van der Waals surface area contributed by atoms with Gasteiger partial charge in [0.2, 0.25) is 0 Å². The van der Waals surface area contributed by atoms with E-state index in [0.29, 0.717) is 18.6 Å². The molecular formula is C10H11Cl2NO3. The lowest BCUT2D eigenvalue weighted by Crippen LogP contribution is -2.35. The van der Waals surface area contributed by atoms with Gasteiger partial charge in [0.1, 0.15) is 5.75 Å². The molecule has 4 nitrogen and oxygen atoms in total. The van der Waals surface area contributed by atoms with Crippen molar-refractivity contribution in [1.82, 2.24) is 5.32 Å². The Morgan fingerprint density at radius 2 is 2.25 bits per heavy atom. The van der Waals surface area contributed by atoms with Crippen molar-refractivity contribution in [3.05, 3.63) is 28.8 Å². The average molecular weight is 264 g/mol. The smallest absolute Gasteiger partial charge is 0.407 e. The number of amides is 1. The van der Waals surface area contributed by atoms with Gasteiger partial charge in [-0.15, -0.1) is 12.4 Å². The van der Waals surface area contributed by atoms with E-state index in [1.807, 2.05) is 0 Å². The fourth-order valence-corrected chi connectivity index (χ4v) is 1.75. The highest BCUT2D eigenvalue weighted by Gasteiger charge is 2.23. The van der Waals surface area contributed by atoms with Crippen molar-refractivity contribution in [2.45, 2.75) is 12.5 Å². The normalized spacial score (nSPS) is 19.3. The number of halogens is 2. The molecule has 1 heterocycles. The van der Waals surface area contributed by atoms with E-state index < -0.39 is 6.09 Å². The lowest BCUT2D eigenvalue weighted by Gasteiger charge is -2.24. The van der Waals surface area contributed by atoms with E-state index in [4.69, 9.17) is 16.3 Å². The van der Waals surface area contributed by atoms with Gasteiger partial charge in [-0.2, -0.15) is 0 Å². The Morgan fingerprint density at radius 1 is 1.50 bits per heavy atom. The van der Waals surface area contributed by atoms with Crippen LogP contribution in [0, 0.1) is 0 Å². The minimum atomic E-state index is -0.467. The summed E-state index contributed by atoms with van der Waals surface area (Å²) in [5, 5.41) is 12.6. The van der Waals surface area contributed by atoms with Crippen LogP contribution in [0.25, 0.3) is 0 Å². The highest BCUT2D eigenvalue weighted by molar-refractivity contribution is 6.32. The molecule has 1 saturated heterocycles. The first-order valence-electron chi connectivity index (χ1n) is 4.59. The summed E-state index contributed by atoms with van der Waals surface area (Å²) >= 11 is 5.78. The fraction of sp³-hybridized carbons (Fsp3) is 0.300. The third-order valence-corrected chi connectivity index (χ3v) is 2.63. The molecule has 6 heteroatoms. The van der Waals surface area contributed by atoms with Gasteiger partial charge < -0.3 is 15.2 Å². The Labute approximate surface area is 104 Å². The van der Waals surface area contributed by atoms with Crippen LogP contribution < -0.4 is 5.32 Å². The third kappa shape index (κ3) is 2.51. The van der Waals surface area contributed by atoms with Crippen LogP contribution in [-0.2, 0) is 4.74 Å². The topological polar surface area (TPSA) is 58.6 Å². The molecule has 2 rings (SSSR count). The van der Waals surface area contributed by atoms with Crippen LogP contribution in [0.5, 0.6) is 5.75 Å². The first-order valence-corrected chi connectivity index (χ1v) is 4.97. The van der Waals surface area contributed by atoms with E-state index in [0.717, 1.165) is 0 Å². The van der Waals surface area contributed by atoms with Crippen molar-refractivity contribution in [2.24, 2.45) is 0 Å². The molecule has 1 amide bonds. The van der Waals surface area contributed by atoms with E-state index in [9.17, 15) is 9.90 Å². The number of rotatable bonds is 1. The maximum Gasteiger partial charge on any atom is 0.407 e. The minimum absolute atomic E-state index is 0. The van der Waals surface area contributed by atoms with E-state index in [-0.39, 0.29) is 29.2 Å². The summed E-state index contributed by atoms with van der Waals surface area (Å²) in [5.74, 6) is 0.0198. The monoisotopic (exact) mass is 263 g/mol. The molecule has 2 N–H and O–H groups in total. The second-order valence-corrected chi connectivity index (χ2v) is 3.71. The van der Waals surface area contributed by atoms with Crippen LogP contribution in [0.1, 0.15) is 18.0 Å². The summed E-state index contributed by atoms with van der Waals surface area (Å²) in [6.07, 6.45) is 0.158. The Morgan fingerprint density at radius 3 is 2.94 bits per heavy atom. The Bertz CT molecular complexity index is 398. The Hall–Kier alpha value is -1.13. The molecule has 1 fully saturated rings. The number of aromatic hydroxyl groups is 1. The molecule has 88 valence electrons. The van der Waals surface area contributed by atoms with Gasteiger partial charge in [-0.3, -0.25) is 0 Å². The van der Waals surface area contributed by atoms with Crippen molar-refractivity contribution >= 4 is 30.1 Å². The molecule has 16 heavy (non-hydrogen) atoms. The van der Waals surface area contributed by atoms with Crippen molar-refractivity contribution in [1.29, 1.82) is 0 Å². The summed E-state index contributed by atoms with van der Waals surface area (Å²) in [6, 6.07) is 4.84. The summed E-state index contributed by atoms with van der Waals surface area (Å²) in [5.41, 5.74) is 0.624. The maximum atomic E-state index is 11.0. The van der Waals surface area contributed by atoms with Gasteiger partial charge in [0.05, 0.1) is 17.7 Å². The number of carbonyl (C=O) groups is 1. The molecule has 0 unspecified atom stereocenters. The highest BCUT2D eigenvalue weighted by atomic mass is 35.5. The van der Waals surface area contributed by atoms with Crippen LogP contribution >= 0.6 is 24.0 Å². The number of ether oxygens (including phenoxy) is 1. The zero-order valence-corrected chi connectivity index (χ0v) is 9.85. The SMILES string of the molecule is Cl.O=C1N[C@@H](c2cccc(Cl)c2O)CCO1. The molecule has 1 atom stereocenters. The lowest BCUT2D eigenvalue weighted by atomic mass is 10.0. The van der Waals surface area contributed by atoms with Crippen molar-refractivity contribution in [3.63, 3.8) is 0 Å². The van der Waals surface area contributed by atoms with E-state index in [1.165, 1.54) is 0 Å². The Kier molecular flexibility index (Phi) is 4.26. The van der Waals surface area contributed by atoms with Gasteiger partial charge in [0.15, 0.2) is 0 Å². The van der Waals surface area contributed by atoms with Crippen LogP contribution in [0.15, 0.2) is 18.2 Å². The maximum absolute atomic E-state index is 11.0. The van der Waals surface area contributed by atoms with Gasteiger partial charge in [0, 0.05) is 12.0 Å². The van der Waals surface area contributed by atoms with Crippen LogP contribution in [-0.4, -0.2) is 17.8 Å². The van der Waals surface area contributed by atoms with Gasteiger partial charge in [0.25, 0.3) is 0 Å². The summed E-state index contributed by atoms with van der Waals surface area (Å²) in [6.45, 7) is 0.350. The van der Waals surface area contributed by atoms with E-state index >= 15 is 0 Å². The second kappa shape index (κ2) is 5.27. The first kappa shape index (κ1) is 12.9. The molecule has 0 bridgehead atoms. The van der Waals surface area contributed by atoms with Crippen LogP contribution in [0.3, 0.4) is 0 Å². The zero-order valence-electron chi connectivity index (χ0n) is 8.27. The predicted octanol–water partition coefficient (Wildman–Crippen LogP) is 2.64. The fourth-order valence-electron chi connectivity index (χ4n) is 1.57. The molecule has 1 aliphatic rings. The largest absolute Gasteiger partial charge is 0.506 e. The number of cyclic esters (lactones) is 1. The summed E-state index contributed by atoms with van der Waals surface area (Å²) in [4.78, 5) is 11.0. The van der Waals surface area contributed by atoms with Crippen molar-refractivity contribution in [3.8, 4) is 5.75 Å². The summed E-state index contributed by atoms with van der Waals surface area (Å²) < 4.78 is 4.74. The molecule has 1 aromatic rings. The van der Waals surface area contributed by atoms with Crippen LogP contribution in [0.2, 0.25) is 5.02 Å². The van der Waals surface area contributed by atoms with Crippen molar-refractivity contribution in [2.75, 3.05) is 6.61 Å². The number of alkyl carbamates (subject to hydrolysis) is 1. The number of phenolic OH excluding ortho intramolecular Hbond substituents is 1. The molecule has 1 aliphatic heterocycles. The number of hydrogen-bond acceptors (Lipinski definition) is 3. The third-order valence-electron chi connectivity index (χ3n) is 2.33. The predicted molar refractivity (Wildman–Crippen MR) is 62.2 cm³/mol. The molecule has 0 spiro atoms. The number of carbonyl (C=O) groups excluding carboxylic acids is 1. The zero-order chi connectivity index (χ0) is 10.8. The minimum Gasteiger partial charge on any atom is -0.506 e. The number of nitrogens with one attached hydrogen (secondary N) is 1. The second-order valence-electron chi connectivity index (χ2n) is 3.30. The number of hydrogen-bond donors (Lipinski definition) is 2. The number of para-hydroxylation sites is 1. The molecule has 0 radical (unpaired) electrons.